The molecule has 0 heterocycles. The number of benzene rings is 3. The Morgan fingerprint density at radius 3 is 2.36 bits per heavy atom. The number of phenols is 1. The first kappa shape index (κ1) is 19.0. The van der Waals surface area contributed by atoms with Gasteiger partial charge in [0, 0.05) is 18.7 Å². The number of aromatic hydroxyl groups is 1. The number of carbonyl (C=O) groups is 2. The topological polar surface area (TPSA) is 95.9 Å². The molecule has 1 amide bonds. The summed E-state index contributed by atoms with van der Waals surface area (Å²) in [7, 11) is 0. The smallest absolute Gasteiger partial charge is 0.339 e. The molecule has 6 nitrogen and oxygen atoms in total. The second kappa shape index (κ2) is 8.26. The van der Waals surface area contributed by atoms with Crippen molar-refractivity contribution in [2.45, 2.75) is 13.5 Å². The van der Waals surface area contributed by atoms with E-state index in [0.717, 1.165) is 22.4 Å². The van der Waals surface area contributed by atoms with Crippen LogP contribution in [0, 0.1) is 0 Å². The largest absolute Gasteiger partial charge is 0.507 e. The fourth-order valence-corrected chi connectivity index (χ4v) is 2.77. The summed E-state index contributed by atoms with van der Waals surface area (Å²) in [6.45, 7) is 1.72. The third kappa shape index (κ3) is 4.67. The van der Waals surface area contributed by atoms with Gasteiger partial charge in [-0.1, -0.05) is 30.3 Å². The van der Waals surface area contributed by atoms with Gasteiger partial charge >= 0.3 is 5.97 Å². The molecule has 0 bridgehead atoms. The highest BCUT2D eigenvalue weighted by atomic mass is 16.5. The SMILES string of the molecule is CC(=O)Nc1cccc(-c2cccc(COc3ccc(C(=O)O)c(O)c3)c2)c1. The number of anilines is 1. The third-order valence-electron chi connectivity index (χ3n) is 4.05. The monoisotopic (exact) mass is 377 g/mol. The Labute approximate surface area is 162 Å². The number of amides is 1. The molecule has 3 aromatic rings. The van der Waals surface area contributed by atoms with E-state index in [2.05, 4.69) is 5.32 Å². The van der Waals surface area contributed by atoms with Crippen LogP contribution in [-0.4, -0.2) is 22.1 Å². The molecule has 0 radical (unpaired) electrons. The summed E-state index contributed by atoms with van der Waals surface area (Å²) in [5.41, 5.74) is 3.38. The zero-order chi connectivity index (χ0) is 20.1. The molecule has 3 aromatic carbocycles. The highest BCUT2D eigenvalue weighted by Crippen LogP contribution is 2.26. The van der Waals surface area contributed by atoms with Gasteiger partial charge in [0.1, 0.15) is 23.7 Å². The summed E-state index contributed by atoms with van der Waals surface area (Å²) in [5.74, 6) is -1.29. The molecule has 3 rings (SSSR count). The zero-order valence-electron chi connectivity index (χ0n) is 15.2. The fourth-order valence-electron chi connectivity index (χ4n) is 2.77. The molecule has 0 spiro atoms. The molecule has 3 N–H and O–H groups in total. The Kier molecular flexibility index (Phi) is 5.60. The van der Waals surface area contributed by atoms with Gasteiger partial charge in [-0.05, 0) is 47.0 Å². The molecule has 0 fully saturated rings. The fraction of sp³-hybridized carbons (Fsp3) is 0.0909. The first-order chi connectivity index (χ1) is 13.4. The molecule has 0 aliphatic rings. The van der Waals surface area contributed by atoms with Gasteiger partial charge < -0.3 is 20.3 Å². The van der Waals surface area contributed by atoms with E-state index >= 15 is 0 Å². The molecule has 0 saturated heterocycles. The number of carboxylic acids is 1. The molecular weight excluding hydrogens is 358 g/mol. The first-order valence-electron chi connectivity index (χ1n) is 8.58. The number of ether oxygens (including phenoxy) is 1. The number of carbonyl (C=O) groups excluding carboxylic acids is 1. The van der Waals surface area contributed by atoms with Gasteiger partial charge in [0.25, 0.3) is 0 Å². The van der Waals surface area contributed by atoms with Crippen molar-refractivity contribution >= 4 is 17.6 Å². The van der Waals surface area contributed by atoms with Crippen LogP contribution in [0.5, 0.6) is 11.5 Å². The van der Waals surface area contributed by atoms with Crippen molar-refractivity contribution in [2.75, 3.05) is 5.32 Å². The second-order valence-corrected chi connectivity index (χ2v) is 6.24. The van der Waals surface area contributed by atoms with Crippen LogP contribution in [0.1, 0.15) is 22.8 Å². The van der Waals surface area contributed by atoms with E-state index in [-0.39, 0.29) is 23.8 Å². The minimum Gasteiger partial charge on any atom is -0.507 e. The zero-order valence-corrected chi connectivity index (χ0v) is 15.2. The van der Waals surface area contributed by atoms with Gasteiger partial charge in [-0.25, -0.2) is 4.79 Å². The maximum Gasteiger partial charge on any atom is 0.339 e. The van der Waals surface area contributed by atoms with Gasteiger partial charge in [0.05, 0.1) is 0 Å². The summed E-state index contributed by atoms with van der Waals surface area (Å²) >= 11 is 0. The van der Waals surface area contributed by atoms with Crippen LogP contribution in [0.15, 0.2) is 66.7 Å². The molecule has 6 heteroatoms. The maximum absolute atomic E-state index is 11.2. The quantitative estimate of drug-likeness (QED) is 0.595. The highest BCUT2D eigenvalue weighted by molar-refractivity contribution is 5.91. The van der Waals surface area contributed by atoms with Gasteiger partial charge in [-0.3, -0.25) is 4.79 Å². The van der Waals surface area contributed by atoms with Crippen molar-refractivity contribution in [1.82, 2.24) is 0 Å². The highest BCUT2D eigenvalue weighted by Gasteiger charge is 2.10. The van der Waals surface area contributed by atoms with Crippen molar-refractivity contribution in [3.8, 4) is 22.6 Å². The van der Waals surface area contributed by atoms with Crippen LogP contribution in [0.2, 0.25) is 0 Å². The van der Waals surface area contributed by atoms with Crippen LogP contribution in [0.4, 0.5) is 5.69 Å². The van der Waals surface area contributed by atoms with E-state index in [1.807, 2.05) is 48.5 Å². The molecule has 0 aliphatic heterocycles. The second-order valence-electron chi connectivity index (χ2n) is 6.24. The van der Waals surface area contributed by atoms with Gasteiger partial charge in [-0.15, -0.1) is 0 Å². The maximum atomic E-state index is 11.2. The van der Waals surface area contributed by atoms with Crippen molar-refractivity contribution in [3.05, 3.63) is 77.9 Å². The van der Waals surface area contributed by atoms with Crippen LogP contribution < -0.4 is 10.1 Å². The number of carboxylic acid groups (broad SMARTS) is 1. The van der Waals surface area contributed by atoms with Crippen molar-refractivity contribution < 1.29 is 24.5 Å². The van der Waals surface area contributed by atoms with Crippen LogP contribution in [0.3, 0.4) is 0 Å². The molecule has 28 heavy (non-hydrogen) atoms. The molecule has 0 aliphatic carbocycles. The summed E-state index contributed by atoms with van der Waals surface area (Å²) in [4.78, 5) is 22.2. The Morgan fingerprint density at radius 1 is 0.964 bits per heavy atom. The lowest BCUT2D eigenvalue weighted by Crippen LogP contribution is -2.05. The lowest BCUT2D eigenvalue weighted by Gasteiger charge is -2.10. The van der Waals surface area contributed by atoms with E-state index < -0.39 is 5.97 Å². The van der Waals surface area contributed by atoms with Gasteiger partial charge in [0.2, 0.25) is 5.91 Å². The summed E-state index contributed by atoms with van der Waals surface area (Å²) in [5, 5.41) is 21.5. The summed E-state index contributed by atoms with van der Waals surface area (Å²) < 4.78 is 5.66. The van der Waals surface area contributed by atoms with E-state index in [0.29, 0.717) is 5.75 Å². The minimum atomic E-state index is -1.20. The predicted molar refractivity (Wildman–Crippen MR) is 106 cm³/mol. The summed E-state index contributed by atoms with van der Waals surface area (Å²) in [6.07, 6.45) is 0. The van der Waals surface area contributed by atoms with Gasteiger partial charge in [-0.2, -0.15) is 0 Å². The van der Waals surface area contributed by atoms with Crippen LogP contribution in [0.25, 0.3) is 11.1 Å². The van der Waals surface area contributed by atoms with Crippen molar-refractivity contribution in [1.29, 1.82) is 0 Å². The van der Waals surface area contributed by atoms with E-state index in [1.165, 1.54) is 25.1 Å². The number of hydrogen-bond donors (Lipinski definition) is 3. The van der Waals surface area contributed by atoms with Crippen molar-refractivity contribution in [2.24, 2.45) is 0 Å². The molecule has 0 unspecified atom stereocenters. The Balaban J connectivity index is 1.74. The van der Waals surface area contributed by atoms with Gasteiger partial charge in [0.15, 0.2) is 0 Å². The number of rotatable bonds is 6. The molecular formula is C22H19NO5. The number of aromatic carboxylic acids is 1. The third-order valence-corrected chi connectivity index (χ3v) is 4.05. The van der Waals surface area contributed by atoms with E-state index in [9.17, 15) is 14.7 Å². The standard InChI is InChI=1S/C22H19NO5/c1-14(24)23-18-7-3-6-17(11-18)16-5-2-4-15(10-16)13-28-19-8-9-20(22(26)27)21(25)12-19/h2-12,25H,13H2,1H3,(H,23,24)(H,26,27). The predicted octanol–water partition coefficient (Wildman–Crippen LogP) is 4.29. The molecule has 0 aromatic heterocycles. The summed E-state index contributed by atoms with van der Waals surface area (Å²) in [6, 6.07) is 19.4. The van der Waals surface area contributed by atoms with E-state index in [1.54, 1.807) is 0 Å². The van der Waals surface area contributed by atoms with Crippen molar-refractivity contribution in [3.63, 3.8) is 0 Å². The lowest BCUT2D eigenvalue weighted by molar-refractivity contribution is -0.114. The average molecular weight is 377 g/mol. The lowest BCUT2D eigenvalue weighted by atomic mass is 10.0. The average Bonchev–Trinajstić information content (AvgIpc) is 2.66. The van der Waals surface area contributed by atoms with Crippen LogP contribution in [-0.2, 0) is 11.4 Å². The molecule has 142 valence electrons. The number of hydrogen-bond acceptors (Lipinski definition) is 4. The normalized spacial score (nSPS) is 10.3. The minimum absolute atomic E-state index is 0.128. The molecule has 0 saturated carbocycles. The Bertz CT molecular complexity index is 1030. The first-order valence-corrected chi connectivity index (χ1v) is 8.58. The Morgan fingerprint density at radius 2 is 1.68 bits per heavy atom. The Hall–Kier alpha value is -3.80. The molecule has 0 atom stereocenters. The number of nitrogens with one attached hydrogen (secondary N) is 1. The van der Waals surface area contributed by atoms with Crippen LogP contribution >= 0.6 is 0 Å². The van der Waals surface area contributed by atoms with E-state index in [4.69, 9.17) is 9.84 Å².